The van der Waals surface area contributed by atoms with E-state index in [0.717, 1.165) is 17.6 Å². The first kappa shape index (κ1) is 9.39. The second kappa shape index (κ2) is 5.04. The fourth-order valence-electron chi connectivity index (χ4n) is 0.985. The molecule has 0 N–H and O–H groups in total. The highest BCUT2D eigenvalue weighted by Crippen LogP contribution is 2.12. The van der Waals surface area contributed by atoms with Crippen molar-refractivity contribution < 1.29 is 0 Å². The van der Waals surface area contributed by atoms with Crippen LogP contribution in [0.5, 0.6) is 0 Å². The lowest BCUT2D eigenvalue weighted by Gasteiger charge is -1.98. The third-order valence-corrected chi connectivity index (χ3v) is 1.63. The smallest absolute Gasteiger partial charge is 0.0318 e. The first-order chi connectivity index (χ1) is 6.36. The molecule has 1 aliphatic heterocycles. The molecule has 66 valence electrons. The molecule has 0 saturated carbocycles. The van der Waals surface area contributed by atoms with Gasteiger partial charge in [-0.2, -0.15) is 0 Å². The SMILES string of the molecule is C=CN=CC1=CN=CC=C(C=C)C1. The van der Waals surface area contributed by atoms with Gasteiger partial charge in [-0.3, -0.25) is 9.98 Å². The maximum Gasteiger partial charge on any atom is 0.0318 e. The first-order valence-corrected chi connectivity index (χ1v) is 4.04. The Kier molecular flexibility index (Phi) is 3.64. The molecule has 0 aromatic heterocycles. The van der Waals surface area contributed by atoms with Crippen LogP contribution in [0.3, 0.4) is 0 Å². The van der Waals surface area contributed by atoms with Crippen LogP contribution in [-0.4, -0.2) is 12.4 Å². The summed E-state index contributed by atoms with van der Waals surface area (Å²) in [5.74, 6) is 0. The summed E-state index contributed by atoms with van der Waals surface area (Å²) < 4.78 is 0. The van der Waals surface area contributed by atoms with Crippen LogP contribution in [0, 0.1) is 0 Å². The predicted octanol–water partition coefficient (Wildman–Crippen LogP) is 2.67. The highest BCUT2D eigenvalue weighted by Gasteiger charge is 1.98. The van der Waals surface area contributed by atoms with Gasteiger partial charge in [0.2, 0.25) is 0 Å². The normalized spacial score (nSPS) is 16.3. The first-order valence-electron chi connectivity index (χ1n) is 4.04. The minimum Gasteiger partial charge on any atom is -0.265 e. The average molecular weight is 172 g/mol. The molecule has 0 amide bonds. The van der Waals surface area contributed by atoms with E-state index in [2.05, 4.69) is 23.1 Å². The minimum atomic E-state index is 0.820. The predicted molar refractivity (Wildman–Crippen MR) is 58.2 cm³/mol. The van der Waals surface area contributed by atoms with Crippen molar-refractivity contribution in [2.24, 2.45) is 9.98 Å². The molecule has 0 spiro atoms. The van der Waals surface area contributed by atoms with Crippen molar-refractivity contribution >= 4 is 12.4 Å². The molecule has 0 radical (unpaired) electrons. The Morgan fingerprint density at radius 1 is 1.38 bits per heavy atom. The summed E-state index contributed by atoms with van der Waals surface area (Å²) in [6, 6.07) is 0. The fourth-order valence-corrected chi connectivity index (χ4v) is 0.985. The largest absolute Gasteiger partial charge is 0.265 e. The summed E-state index contributed by atoms with van der Waals surface area (Å²) >= 11 is 0. The summed E-state index contributed by atoms with van der Waals surface area (Å²) in [6.45, 7) is 7.23. The average Bonchev–Trinajstić information content (AvgIpc) is 2.39. The molecule has 1 heterocycles. The Hall–Kier alpha value is -1.70. The Bertz CT molecular complexity index is 317. The summed E-state index contributed by atoms with van der Waals surface area (Å²) in [5, 5.41) is 0. The van der Waals surface area contributed by atoms with Crippen LogP contribution < -0.4 is 0 Å². The molecule has 1 aliphatic rings. The zero-order valence-electron chi connectivity index (χ0n) is 7.48. The summed E-state index contributed by atoms with van der Waals surface area (Å²) in [6.07, 6.45) is 11.4. The number of aliphatic imine (C=N–C) groups is 2. The summed E-state index contributed by atoms with van der Waals surface area (Å²) in [7, 11) is 0. The van der Waals surface area contributed by atoms with E-state index in [1.165, 1.54) is 6.20 Å². The van der Waals surface area contributed by atoms with Gasteiger partial charge in [0.05, 0.1) is 0 Å². The molecule has 13 heavy (non-hydrogen) atoms. The molecule has 0 aromatic carbocycles. The zero-order valence-corrected chi connectivity index (χ0v) is 7.48. The van der Waals surface area contributed by atoms with Crippen molar-refractivity contribution in [2.75, 3.05) is 0 Å². The van der Waals surface area contributed by atoms with Gasteiger partial charge in [0.25, 0.3) is 0 Å². The number of rotatable bonds is 3. The Balaban J connectivity index is 2.78. The molecule has 0 bridgehead atoms. The van der Waals surface area contributed by atoms with E-state index >= 15 is 0 Å². The third-order valence-electron chi connectivity index (χ3n) is 1.63. The van der Waals surface area contributed by atoms with Gasteiger partial charge in [-0.05, 0) is 17.2 Å². The number of nitrogens with zero attached hydrogens (tertiary/aromatic N) is 2. The monoisotopic (exact) mass is 172 g/mol. The Labute approximate surface area is 78.4 Å². The molecular weight excluding hydrogens is 160 g/mol. The quantitative estimate of drug-likeness (QED) is 0.585. The lowest BCUT2D eigenvalue weighted by Crippen LogP contribution is -1.85. The van der Waals surface area contributed by atoms with Crippen LogP contribution >= 0.6 is 0 Å². The molecule has 0 saturated heterocycles. The molecule has 2 heteroatoms. The van der Waals surface area contributed by atoms with E-state index in [0.29, 0.717) is 0 Å². The second-order valence-corrected chi connectivity index (χ2v) is 2.59. The molecule has 1 rings (SSSR count). The van der Waals surface area contributed by atoms with Gasteiger partial charge in [0, 0.05) is 31.2 Å². The van der Waals surface area contributed by atoms with Gasteiger partial charge < -0.3 is 0 Å². The van der Waals surface area contributed by atoms with E-state index in [1.807, 2.05) is 12.2 Å². The molecule has 2 nitrogen and oxygen atoms in total. The molecular formula is C11H12N2. The number of hydrogen-bond donors (Lipinski definition) is 0. The van der Waals surface area contributed by atoms with Gasteiger partial charge in [0.15, 0.2) is 0 Å². The van der Waals surface area contributed by atoms with Crippen molar-refractivity contribution in [3.05, 3.63) is 48.9 Å². The van der Waals surface area contributed by atoms with Crippen LogP contribution in [0.15, 0.2) is 58.8 Å². The maximum absolute atomic E-state index is 4.07. The standard InChI is InChI=1S/C11H12N2/c1-3-10-5-6-13-9-11(7-10)8-12-4-2/h3-6,8-9H,1-2,7H2. The van der Waals surface area contributed by atoms with Crippen LogP contribution in [0.25, 0.3) is 0 Å². The summed E-state index contributed by atoms with van der Waals surface area (Å²) in [5.41, 5.74) is 2.20. The van der Waals surface area contributed by atoms with Crippen molar-refractivity contribution in [1.29, 1.82) is 0 Å². The fraction of sp³-hybridized carbons (Fsp3) is 0.0909. The van der Waals surface area contributed by atoms with Gasteiger partial charge in [0.1, 0.15) is 0 Å². The maximum atomic E-state index is 4.07. The van der Waals surface area contributed by atoms with Crippen molar-refractivity contribution in [3.8, 4) is 0 Å². The van der Waals surface area contributed by atoms with E-state index in [-0.39, 0.29) is 0 Å². The third kappa shape index (κ3) is 3.03. The summed E-state index contributed by atoms with van der Waals surface area (Å²) in [4.78, 5) is 8.01. The van der Waals surface area contributed by atoms with Crippen LogP contribution in [0.4, 0.5) is 0 Å². The van der Waals surface area contributed by atoms with E-state index < -0.39 is 0 Å². The molecule has 0 aromatic rings. The van der Waals surface area contributed by atoms with Gasteiger partial charge in [-0.25, -0.2) is 0 Å². The van der Waals surface area contributed by atoms with Gasteiger partial charge in [-0.1, -0.05) is 19.2 Å². The number of allylic oxidation sites excluding steroid dienone is 4. The topological polar surface area (TPSA) is 24.7 Å². The molecule has 0 fully saturated rings. The van der Waals surface area contributed by atoms with E-state index in [1.54, 1.807) is 18.6 Å². The zero-order chi connectivity index (χ0) is 9.52. The van der Waals surface area contributed by atoms with Crippen LogP contribution in [0.2, 0.25) is 0 Å². The van der Waals surface area contributed by atoms with Crippen LogP contribution in [-0.2, 0) is 0 Å². The molecule has 0 aliphatic carbocycles. The van der Waals surface area contributed by atoms with Crippen molar-refractivity contribution in [1.82, 2.24) is 0 Å². The van der Waals surface area contributed by atoms with E-state index in [9.17, 15) is 0 Å². The lowest BCUT2D eigenvalue weighted by molar-refractivity contribution is 1.24. The van der Waals surface area contributed by atoms with Gasteiger partial charge >= 0.3 is 0 Å². The molecule has 0 unspecified atom stereocenters. The Morgan fingerprint density at radius 3 is 2.92 bits per heavy atom. The minimum absolute atomic E-state index is 0.820. The van der Waals surface area contributed by atoms with Crippen molar-refractivity contribution in [3.63, 3.8) is 0 Å². The highest BCUT2D eigenvalue weighted by molar-refractivity contribution is 5.83. The highest BCUT2D eigenvalue weighted by atomic mass is 14.7. The van der Waals surface area contributed by atoms with Gasteiger partial charge in [-0.15, -0.1) is 0 Å². The second-order valence-electron chi connectivity index (χ2n) is 2.59. The van der Waals surface area contributed by atoms with Crippen LogP contribution in [0.1, 0.15) is 6.42 Å². The number of hydrogen-bond acceptors (Lipinski definition) is 2. The Morgan fingerprint density at radius 2 is 2.23 bits per heavy atom. The van der Waals surface area contributed by atoms with Crippen molar-refractivity contribution in [2.45, 2.75) is 6.42 Å². The van der Waals surface area contributed by atoms with E-state index in [4.69, 9.17) is 0 Å². The molecule has 0 atom stereocenters. The lowest BCUT2D eigenvalue weighted by atomic mass is 10.1.